The summed E-state index contributed by atoms with van der Waals surface area (Å²) < 4.78 is 40.4. The van der Waals surface area contributed by atoms with Crippen LogP contribution in [0.2, 0.25) is 0 Å². The van der Waals surface area contributed by atoms with Crippen molar-refractivity contribution in [3.8, 4) is 11.5 Å². The van der Waals surface area contributed by atoms with Gasteiger partial charge in [0.25, 0.3) is 0 Å². The number of anilines is 1. The molecule has 1 unspecified atom stereocenters. The average molecular weight is 392 g/mol. The largest absolute Gasteiger partial charge is 0.434 e. The molecular formula is C19H23F3N6. The van der Waals surface area contributed by atoms with Crippen molar-refractivity contribution in [2.75, 3.05) is 18.0 Å². The van der Waals surface area contributed by atoms with Gasteiger partial charge in [-0.05, 0) is 25.3 Å². The molecule has 28 heavy (non-hydrogen) atoms. The molecule has 0 radical (unpaired) electrons. The van der Waals surface area contributed by atoms with Gasteiger partial charge in [0, 0.05) is 25.5 Å². The summed E-state index contributed by atoms with van der Waals surface area (Å²) in [5.74, 6) is 1.58. The molecule has 9 heteroatoms. The van der Waals surface area contributed by atoms with Crippen LogP contribution < -0.4 is 4.90 Å². The first-order chi connectivity index (χ1) is 13.3. The second-order valence-corrected chi connectivity index (χ2v) is 6.81. The molecule has 6 nitrogen and oxygen atoms in total. The van der Waals surface area contributed by atoms with Crippen molar-refractivity contribution in [3.05, 3.63) is 36.5 Å². The first kappa shape index (κ1) is 20.0. The number of hydrogen-bond acceptors (Lipinski definition) is 5. The maximum absolute atomic E-state index is 13.0. The van der Waals surface area contributed by atoms with Gasteiger partial charge in [-0.15, -0.1) is 0 Å². The van der Waals surface area contributed by atoms with Crippen molar-refractivity contribution in [3.63, 3.8) is 0 Å². The van der Waals surface area contributed by atoms with Gasteiger partial charge in [-0.3, -0.25) is 4.40 Å². The number of fused-ring (bicyclic) bond motifs is 1. The monoisotopic (exact) mass is 392 g/mol. The summed E-state index contributed by atoms with van der Waals surface area (Å²) in [4.78, 5) is 18.6. The molecule has 0 N–H and O–H groups in total. The summed E-state index contributed by atoms with van der Waals surface area (Å²) in [6.45, 7) is 8.04. The van der Waals surface area contributed by atoms with E-state index in [-0.39, 0.29) is 0 Å². The highest BCUT2D eigenvalue weighted by Crippen LogP contribution is 2.28. The van der Waals surface area contributed by atoms with Gasteiger partial charge in [0.15, 0.2) is 17.2 Å². The fourth-order valence-corrected chi connectivity index (χ4v) is 3.19. The van der Waals surface area contributed by atoms with Crippen LogP contribution in [0.25, 0.3) is 17.2 Å². The van der Waals surface area contributed by atoms with E-state index in [0.717, 1.165) is 44.1 Å². The van der Waals surface area contributed by atoms with Gasteiger partial charge in [-0.2, -0.15) is 13.2 Å². The Labute approximate surface area is 161 Å². The van der Waals surface area contributed by atoms with Crippen LogP contribution in [0.4, 0.5) is 19.0 Å². The van der Waals surface area contributed by atoms with Crippen molar-refractivity contribution >= 4 is 11.5 Å². The van der Waals surface area contributed by atoms with E-state index in [0.29, 0.717) is 23.1 Å². The second-order valence-electron chi connectivity index (χ2n) is 6.81. The highest BCUT2D eigenvalue weighted by atomic mass is 19.4. The first-order valence-electron chi connectivity index (χ1n) is 9.32. The molecule has 0 aliphatic heterocycles. The van der Waals surface area contributed by atoms with E-state index in [4.69, 9.17) is 0 Å². The molecule has 0 aromatic carbocycles. The van der Waals surface area contributed by atoms with Crippen molar-refractivity contribution in [2.24, 2.45) is 5.92 Å². The smallest absolute Gasteiger partial charge is 0.357 e. The van der Waals surface area contributed by atoms with Gasteiger partial charge in [0.05, 0.1) is 12.4 Å². The molecular weight excluding hydrogens is 369 g/mol. The molecule has 0 spiro atoms. The lowest BCUT2D eigenvalue weighted by Crippen LogP contribution is -2.29. The highest BCUT2D eigenvalue weighted by Gasteiger charge is 2.33. The van der Waals surface area contributed by atoms with E-state index in [1.54, 1.807) is 6.20 Å². The van der Waals surface area contributed by atoms with Crippen LogP contribution in [0.3, 0.4) is 0 Å². The maximum atomic E-state index is 13.0. The predicted octanol–water partition coefficient (Wildman–Crippen LogP) is 4.47. The summed E-state index contributed by atoms with van der Waals surface area (Å²) in [5, 5.41) is 0. The molecule has 0 bridgehead atoms. The summed E-state index contributed by atoms with van der Waals surface area (Å²) in [6.07, 6.45) is 2.81. The molecule has 0 saturated carbocycles. The summed E-state index contributed by atoms with van der Waals surface area (Å²) in [6, 6.07) is 1.82. The fourth-order valence-electron chi connectivity index (χ4n) is 3.19. The normalized spacial score (nSPS) is 13.1. The van der Waals surface area contributed by atoms with Crippen LogP contribution in [0.1, 0.15) is 39.3 Å². The lowest BCUT2D eigenvalue weighted by atomic mass is 10.1. The molecule has 3 rings (SSSR count). The van der Waals surface area contributed by atoms with Crippen LogP contribution >= 0.6 is 0 Å². The van der Waals surface area contributed by atoms with E-state index in [1.165, 1.54) is 10.6 Å². The Morgan fingerprint density at radius 1 is 1.14 bits per heavy atom. The third-order valence-electron chi connectivity index (χ3n) is 4.58. The zero-order chi connectivity index (χ0) is 20.3. The van der Waals surface area contributed by atoms with Crippen LogP contribution in [-0.2, 0) is 6.18 Å². The van der Waals surface area contributed by atoms with Gasteiger partial charge in [0.1, 0.15) is 11.5 Å². The van der Waals surface area contributed by atoms with E-state index < -0.39 is 11.9 Å². The first-order valence-corrected chi connectivity index (χ1v) is 9.32. The third-order valence-corrected chi connectivity index (χ3v) is 4.58. The van der Waals surface area contributed by atoms with Gasteiger partial charge in [-0.1, -0.05) is 20.3 Å². The molecule has 0 aliphatic rings. The molecule has 0 aliphatic carbocycles. The minimum atomic E-state index is -4.53. The average Bonchev–Trinajstić information content (AvgIpc) is 3.09. The molecule has 3 aromatic heterocycles. The van der Waals surface area contributed by atoms with Crippen molar-refractivity contribution in [2.45, 2.75) is 39.8 Å². The second kappa shape index (κ2) is 8.12. The Kier molecular flexibility index (Phi) is 5.81. The number of nitrogens with zero attached hydrogens (tertiary/aromatic N) is 6. The molecule has 3 heterocycles. The highest BCUT2D eigenvalue weighted by molar-refractivity contribution is 5.58. The summed E-state index contributed by atoms with van der Waals surface area (Å²) in [5.41, 5.74) is -0.290. The number of hydrogen-bond donors (Lipinski definition) is 0. The quantitative estimate of drug-likeness (QED) is 0.594. The van der Waals surface area contributed by atoms with E-state index >= 15 is 0 Å². The van der Waals surface area contributed by atoms with Crippen LogP contribution in [0.15, 0.2) is 30.9 Å². The van der Waals surface area contributed by atoms with Crippen molar-refractivity contribution in [1.82, 2.24) is 24.3 Å². The lowest BCUT2D eigenvalue weighted by Gasteiger charge is -2.25. The molecule has 0 amide bonds. The Hall–Kier alpha value is -2.71. The minimum Gasteiger partial charge on any atom is -0.357 e. The molecule has 3 aromatic rings. The predicted molar refractivity (Wildman–Crippen MR) is 101 cm³/mol. The van der Waals surface area contributed by atoms with Crippen molar-refractivity contribution in [1.29, 1.82) is 0 Å². The van der Waals surface area contributed by atoms with E-state index in [9.17, 15) is 13.2 Å². The topological polar surface area (TPSA) is 59.2 Å². The van der Waals surface area contributed by atoms with Gasteiger partial charge in [0.2, 0.25) is 0 Å². The van der Waals surface area contributed by atoms with E-state index in [1.807, 2.05) is 6.07 Å². The maximum Gasteiger partial charge on any atom is 0.434 e. The van der Waals surface area contributed by atoms with Crippen LogP contribution in [-0.4, -0.2) is 37.4 Å². The SMILES string of the molecule is CCCC(C)CN(CC)c1ccnc(-c2cnc3cnc(C(F)(F)F)cn23)n1. The minimum absolute atomic E-state index is 0.306. The molecule has 0 saturated heterocycles. The van der Waals surface area contributed by atoms with Crippen LogP contribution in [0.5, 0.6) is 0 Å². The number of imidazole rings is 1. The lowest BCUT2D eigenvalue weighted by molar-refractivity contribution is -0.141. The Balaban J connectivity index is 1.97. The van der Waals surface area contributed by atoms with Gasteiger partial charge >= 0.3 is 6.18 Å². The number of halogens is 3. The summed E-state index contributed by atoms with van der Waals surface area (Å²) >= 11 is 0. The number of rotatable bonds is 7. The Morgan fingerprint density at radius 2 is 1.93 bits per heavy atom. The van der Waals surface area contributed by atoms with Crippen LogP contribution in [0, 0.1) is 5.92 Å². The Bertz CT molecular complexity index is 937. The number of aromatic nitrogens is 5. The van der Waals surface area contributed by atoms with Crippen molar-refractivity contribution < 1.29 is 13.2 Å². The molecule has 150 valence electrons. The zero-order valence-corrected chi connectivity index (χ0v) is 16.1. The third kappa shape index (κ3) is 4.23. The zero-order valence-electron chi connectivity index (χ0n) is 16.1. The fraction of sp³-hybridized carbons (Fsp3) is 0.474. The summed E-state index contributed by atoms with van der Waals surface area (Å²) in [7, 11) is 0. The Morgan fingerprint density at radius 3 is 2.61 bits per heavy atom. The molecule has 1 atom stereocenters. The molecule has 0 fully saturated rings. The standard InChI is InChI=1S/C19H23F3N6/c1-4-6-13(3)11-27(5-2)16-7-8-23-18(26-16)14-9-25-17-10-24-15(12-28(14)17)19(20,21)22/h7-10,12-13H,4-6,11H2,1-3H3. The van der Waals surface area contributed by atoms with Gasteiger partial charge < -0.3 is 4.90 Å². The van der Waals surface area contributed by atoms with Gasteiger partial charge in [-0.25, -0.2) is 19.9 Å². The number of alkyl halides is 3. The van der Waals surface area contributed by atoms with E-state index in [2.05, 4.69) is 45.6 Å².